The molecule has 1 unspecified atom stereocenters. The van der Waals surface area contributed by atoms with Gasteiger partial charge >= 0.3 is 6.03 Å². The summed E-state index contributed by atoms with van der Waals surface area (Å²) in [5.41, 5.74) is 6.87. The van der Waals surface area contributed by atoms with Crippen LogP contribution in [0.2, 0.25) is 0 Å². The van der Waals surface area contributed by atoms with Gasteiger partial charge in [-0.15, -0.1) is 0 Å². The Bertz CT molecular complexity index is 766. The van der Waals surface area contributed by atoms with Crippen LogP contribution in [0.3, 0.4) is 0 Å². The minimum absolute atomic E-state index is 0.199. The van der Waals surface area contributed by atoms with Gasteiger partial charge in [0.1, 0.15) is 6.04 Å². The van der Waals surface area contributed by atoms with E-state index in [0.717, 1.165) is 19.3 Å². The second-order valence-corrected chi connectivity index (χ2v) is 8.92. The van der Waals surface area contributed by atoms with Crippen molar-refractivity contribution in [2.75, 3.05) is 18.4 Å². The molecule has 0 heterocycles. The minimum Gasteiger partial charge on any atom is -0.352 e. The lowest BCUT2D eigenvalue weighted by Crippen LogP contribution is -2.47. The molecule has 0 radical (unpaired) electrons. The number of nitrogens with one attached hydrogen (secondary N) is 4. The number of unbranched alkanes of at least 4 members (excludes halogenated alkanes) is 1. The highest BCUT2D eigenvalue weighted by Gasteiger charge is 2.21. The van der Waals surface area contributed by atoms with Crippen molar-refractivity contribution in [3.63, 3.8) is 0 Å². The number of nitrogens with two attached hydrogens (primary N) is 1. The summed E-state index contributed by atoms with van der Waals surface area (Å²) in [6.07, 6.45) is 4.94. The Balaban J connectivity index is 0. The van der Waals surface area contributed by atoms with Gasteiger partial charge in [-0.25, -0.2) is 4.79 Å². The molecule has 0 fully saturated rings. The van der Waals surface area contributed by atoms with Gasteiger partial charge in [-0.2, -0.15) is 0 Å². The van der Waals surface area contributed by atoms with E-state index in [2.05, 4.69) is 49.0 Å². The summed E-state index contributed by atoms with van der Waals surface area (Å²) in [5.74, 6) is -0.488. The Hall–Kier alpha value is -3.10. The number of carbonyl (C=O) groups excluding carboxylic acids is 4. The standard InChI is InChI=1S/C23H37N5O4.C3H8.C2H6/c1-4-5-8-20(29)26-15-21(30)28-19(7-6-13-25-23(24)32)22(31)27-18-11-9-17(10-12-18)14-16(2)3;1-3-2;1-2/h9-12,16,19H,4-8,13-15H2,1-3H3,(H,26,29)(H,27,31)(H,28,30)(H3,24,25,32);3H2,1-2H3;1-2H3. The Kier molecular flexibility index (Phi) is 22.7. The van der Waals surface area contributed by atoms with E-state index in [9.17, 15) is 19.2 Å². The van der Waals surface area contributed by atoms with Crippen LogP contribution in [-0.4, -0.2) is 42.9 Å². The fraction of sp³-hybridized carbons (Fsp3) is 0.643. The average Bonchev–Trinajstić information content (AvgIpc) is 2.85. The molecule has 212 valence electrons. The average molecular weight is 522 g/mol. The topological polar surface area (TPSA) is 142 Å². The fourth-order valence-electron chi connectivity index (χ4n) is 3.06. The number of benzene rings is 1. The molecular formula is C28H51N5O4. The van der Waals surface area contributed by atoms with Crippen molar-refractivity contribution in [1.82, 2.24) is 16.0 Å². The third-order valence-corrected chi connectivity index (χ3v) is 4.69. The summed E-state index contributed by atoms with van der Waals surface area (Å²) in [6.45, 7) is 14.6. The van der Waals surface area contributed by atoms with Crippen LogP contribution in [0.5, 0.6) is 0 Å². The predicted octanol–water partition coefficient (Wildman–Crippen LogP) is 4.51. The van der Waals surface area contributed by atoms with Gasteiger partial charge in [0, 0.05) is 18.7 Å². The lowest BCUT2D eigenvalue weighted by atomic mass is 10.0. The zero-order valence-corrected chi connectivity index (χ0v) is 24.0. The maximum absolute atomic E-state index is 12.8. The quantitative estimate of drug-likeness (QED) is 0.230. The molecule has 0 aromatic heterocycles. The number of primary amides is 1. The van der Waals surface area contributed by atoms with Crippen molar-refractivity contribution in [3.05, 3.63) is 29.8 Å². The Morgan fingerprint density at radius 2 is 1.49 bits per heavy atom. The maximum Gasteiger partial charge on any atom is 0.312 e. The summed E-state index contributed by atoms with van der Waals surface area (Å²) in [7, 11) is 0. The number of urea groups is 1. The summed E-state index contributed by atoms with van der Waals surface area (Å²) >= 11 is 0. The van der Waals surface area contributed by atoms with Crippen molar-refractivity contribution >= 4 is 29.4 Å². The van der Waals surface area contributed by atoms with Crippen molar-refractivity contribution in [1.29, 1.82) is 0 Å². The molecule has 9 heteroatoms. The SMILES string of the molecule is CC.CCC.CCCCC(=O)NCC(=O)NC(CCCNC(N)=O)C(=O)Nc1ccc(CC(C)C)cc1. The number of anilines is 1. The molecule has 1 rings (SSSR count). The lowest BCUT2D eigenvalue weighted by Gasteiger charge is -2.19. The molecule has 0 saturated carbocycles. The third kappa shape index (κ3) is 20.8. The monoisotopic (exact) mass is 521 g/mol. The molecule has 5 amide bonds. The molecule has 0 spiro atoms. The first-order valence-corrected chi connectivity index (χ1v) is 13.6. The predicted molar refractivity (Wildman–Crippen MR) is 152 cm³/mol. The first-order chi connectivity index (χ1) is 17.6. The van der Waals surface area contributed by atoms with E-state index in [4.69, 9.17) is 5.73 Å². The molecule has 9 nitrogen and oxygen atoms in total. The van der Waals surface area contributed by atoms with Gasteiger partial charge in [0.25, 0.3) is 0 Å². The van der Waals surface area contributed by atoms with Crippen LogP contribution < -0.4 is 27.0 Å². The first kappa shape index (κ1) is 36.1. The molecular weight excluding hydrogens is 470 g/mol. The van der Waals surface area contributed by atoms with E-state index < -0.39 is 18.0 Å². The first-order valence-electron chi connectivity index (χ1n) is 13.6. The largest absolute Gasteiger partial charge is 0.352 e. The van der Waals surface area contributed by atoms with Crippen LogP contribution in [-0.2, 0) is 20.8 Å². The van der Waals surface area contributed by atoms with Gasteiger partial charge < -0.3 is 27.0 Å². The number of amides is 5. The van der Waals surface area contributed by atoms with Gasteiger partial charge in [0.2, 0.25) is 17.7 Å². The van der Waals surface area contributed by atoms with E-state index in [1.165, 1.54) is 12.0 Å². The van der Waals surface area contributed by atoms with Crippen LogP contribution >= 0.6 is 0 Å². The zero-order chi connectivity index (χ0) is 28.6. The molecule has 1 aromatic rings. The van der Waals surface area contributed by atoms with Crippen molar-refractivity contribution in [2.45, 2.75) is 99.5 Å². The molecule has 0 bridgehead atoms. The zero-order valence-electron chi connectivity index (χ0n) is 24.0. The van der Waals surface area contributed by atoms with E-state index in [1.807, 2.05) is 45.0 Å². The van der Waals surface area contributed by atoms with Crippen LogP contribution in [0.25, 0.3) is 0 Å². The molecule has 1 aromatic carbocycles. The molecule has 1 atom stereocenters. The maximum atomic E-state index is 12.8. The molecule has 0 aliphatic heterocycles. The van der Waals surface area contributed by atoms with Crippen molar-refractivity contribution < 1.29 is 19.2 Å². The van der Waals surface area contributed by atoms with Crippen LogP contribution in [0.4, 0.5) is 10.5 Å². The van der Waals surface area contributed by atoms with Crippen molar-refractivity contribution in [2.24, 2.45) is 11.7 Å². The fourth-order valence-corrected chi connectivity index (χ4v) is 3.06. The van der Waals surface area contributed by atoms with Crippen LogP contribution in [0.1, 0.15) is 92.6 Å². The van der Waals surface area contributed by atoms with E-state index in [0.29, 0.717) is 30.9 Å². The highest BCUT2D eigenvalue weighted by molar-refractivity contribution is 5.97. The molecule has 0 aliphatic rings. The Labute approximate surface area is 224 Å². The lowest BCUT2D eigenvalue weighted by molar-refractivity contribution is -0.128. The number of carbonyl (C=O) groups is 4. The minimum atomic E-state index is -0.819. The normalized spacial score (nSPS) is 10.6. The highest BCUT2D eigenvalue weighted by atomic mass is 16.2. The van der Waals surface area contributed by atoms with Crippen molar-refractivity contribution in [3.8, 4) is 0 Å². The van der Waals surface area contributed by atoms with E-state index in [-0.39, 0.29) is 24.9 Å². The van der Waals surface area contributed by atoms with Gasteiger partial charge in [-0.05, 0) is 49.3 Å². The smallest absolute Gasteiger partial charge is 0.312 e. The highest BCUT2D eigenvalue weighted by Crippen LogP contribution is 2.14. The third-order valence-electron chi connectivity index (χ3n) is 4.69. The Morgan fingerprint density at radius 1 is 0.892 bits per heavy atom. The summed E-state index contributed by atoms with van der Waals surface area (Å²) in [4.78, 5) is 47.6. The Morgan fingerprint density at radius 3 is 2.00 bits per heavy atom. The van der Waals surface area contributed by atoms with Gasteiger partial charge in [0.05, 0.1) is 6.54 Å². The van der Waals surface area contributed by atoms with Gasteiger partial charge in [-0.3, -0.25) is 14.4 Å². The number of hydrogen-bond donors (Lipinski definition) is 5. The molecule has 37 heavy (non-hydrogen) atoms. The summed E-state index contributed by atoms with van der Waals surface area (Å²) in [6, 6.07) is 6.12. The van der Waals surface area contributed by atoms with E-state index in [1.54, 1.807) is 0 Å². The second-order valence-electron chi connectivity index (χ2n) is 8.92. The number of hydrogen-bond acceptors (Lipinski definition) is 4. The number of rotatable bonds is 14. The van der Waals surface area contributed by atoms with Gasteiger partial charge in [0.15, 0.2) is 0 Å². The van der Waals surface area contributed by atoms with E-state index >= 15 is 0 Å². The van der Waals surface area contributed by atoms with Crippen LogP contribution in [0, 0.1) is 5.92 Å². The molecule has 0 aliphatic carbocycles. The summed E-state index contributed by atoms with van der Waals surface area (Å²) < 4.78 is 0. The molecule has 6 N–H and O–H groups in total. The van der Waals surface area contributed by atoms with Crippen LogP contribution in [0.15, 0.2) is 24.3 Å². The second kappa shape index (κ2) is 23.3. The van der Waals surface area contributed by atoms with Gasteiger partial charge in [-0.1, -0.05) is 73.4 Å². The molecule has 0 saturated heterocycles. The summed E-state index contributed by atoms with van der Waals surface area (Å²) in [5, 5.41) is 10.5.